The number of nitrogen functional groups attached to an aromatic ring is 1. The number of rotatable bonds is 1. The summed E-state index contributed by atoms with van der Waals surface area (Å²) in [4.78, 5) is 0. The van der Waals surface area contributed by atoms with Gasteiger partial charge in [-0.2, -0.15) is 5.10 Å². The largest absolute Gasteiger partial charge is 0.412 e. The second-order valence-corrected chi connectivity index (χ2v) is 1.67. The van der Waals surface area contributed by atoms with Crippen molar-refractivity contribution in [3.05, 3.63) is 11.8 Å². The molecule has 0 saturated carbocycles. The van der Waals surface area contributed by atoms with Crippen LogP contribution in [0.4, 0.5) is 5.82 Å². The van der Waals surface area contributed by atoms with E-state index in [4.69, 9.17) is 5.73 Å². The molecular formula is C5H15N5O. The number of nitrogens with one attached hydrogen (secondary N) is 1. The number of aromatic amines is 1. The molecule has 66 valence electrons. The molecule has 1 heterocycles. The van der Waals surface area contributed by atoms with Crippen LogP contribution in [0.25, 0.3) is 0 Å². The number of hydrazine groups is 1. The Morgan fingerprint density at radius 1 is 1.55 bits per heavy atom. The molecule has 0 radical (unpaired) electrons. The molecule has 9 N–H and O–H groups in total. The first-order chi connectivity index (χ1) is 4.83. The van der Waals surface area contributed by atoms with Gasteiger partial charge < -0.3 is 11.2 Å². The first kappa shape index (κ1) is 12.6. The minimum atomic E-state index is 0. The van der Waals surface area contributed by atoms with Gasteiger partial charge in [-0.15, -0.1) is 0 Å². The van der Waals surface area contributed by atoms with E-state index in [9.17, 15) is 0 Å². The van der Waals surface area contributed by atoms with Gasteiger partial charge in [-0.25, -0.2) is 0 Å². The third kappa shape index (κ3) is 4.31. The number of hydrogen-bond acceptors (Lipinski definition) is 4. The van der Waals surface area contributed by atoms with E-state index in [1.54, 1.807) is 0 Å². The second kappa shape index (κ2) is 7.00. The standard InChI is InChI=1S/C5H9N3.H4N2.H2O/c1-2-4-3-5(6)8-7-4;1-2;/h3H,2H2,1H3,(H3,6,7,8);1-2H2;1H2. The highest BCUT2D eigenvalue weighted by atomic mass is 16.0. The van der Waals surface area contributed by atoms with Gasteiger partial charge in [0, 0.05) is 11.8 Å². The molecular weight excluding hydrogens is 146 g/mol. The van der Waals surface area contributed by atoms with Gasteiger partial charge in [-0.05, 0) is 6.42 Å². The van der Waals surface area contributed by atoms with Crippen LogP contribution in [0.2, 0.25) is 0 Å². The maximum atomic E-state index is 5.31. The van der Waals surface area contributed by atoms with Crippen LogP contribution in [0, 0.1) is 0 Å². The summed E-state index contributed by atoms with van der Waals surface area (Å²) in [5, 5.41) is 6.52. The van der Waals surface area contributed by atoms with Crippen molar-refractivity contribution in [2.45, 2.75) is 13.3 Å². The molecule has 0 spiro atoms. The van der Waals surface area contributed by atoms with Gasteiger partial charge >= 0.3 is 0 Å². The van der Waals surface area contributed by atoms with Crippen LogP contribution < -0.4 is 17.4 Å². The van der Waals surface area contributed by atoms with Gasteiger partial charge in [0.1, 0.15) is 5.82 Å². The predicted molar refractivity (Wildman–Crippen MR) is 44.4 cm³/mol. The Balaban J connectivity index is 0. The van der Waals surface area contributed by atoms with Crippen molar-refractivity contribution in [3.63, 3.8) is 0 Å². The van der Waals surface area contributed by atoms with Crippen molar-refractivity contribution in [2.75, 3.05) is 5.73 Å². The molecule has 0 aromatic carbocycles. The molecule has 0 aliphatic carbocycles. The summed E-state index contributed by atoms with van der Waals surface area (Å²) < 4.78 is 0. The zero-order valence-electron chi connectivity index (χ0n) is 6.46. The van der Waals surface area contributed by atoms with Crippen LogP contribution in [-0.2, 0) is 6.42 Å². The quantitative estimate of drug-likeness (QED) is 0.295. The van der Waals surface area contributed by atoms with Crippen LogP contribution in [0.1, 0.15) is 12.6 Å². The number of anilines is 1. The Bertz CT molecular complexity index is 175. The van der Waals surface area contributed by atoms with E-state index in [1.165, 1.54) is 0 Å². The summed E-state index contributed by atoms with van der Waals surface area (Å²) in [6.45, 7) is 2.05. The minimum Gasteiger partial charge on any atom is -0.412 e. The lowest BCUT2D eigenvalue weighted by Crippen LogP contribution is -2.02. The van der Waals surface area contributed by atoms with Crippen LogP contribution in [0.15, 0.2) is 6.07 Å². The van der Waals surface area contributed by atoms with Gasteiger partial charge in [-0.3, -0.25) is 16.8 Å². The summed E-state index contributed by atoms with van der Waals surface area (Å²) in [6, 6.07) is 1.83. The van der Waals surface area contributed by atoms with Crippen molar-refractivity contribution in [3.8, 4) is 0 Å². The molecule has 0 unspecified atom stereocenters. The average Bonchev–Trinajstić information content (AvgIpc) is 2.40. The lowest BCUT2D eigenvalue weighted by atomic mass is 10.3. The monoisotopic (exact) mass is 161 g/mol. The fraction of sp³-hybridized carbons (Fsp3) is 0.400. The van der Waals surface area contributed by atoms with Crippen molar-refractivity contribution < 1.29 is 5.48 Å². The van der Waals surface area contributed by atoms with Crippen LogP contribution >= 0.6 is 0 Å². The molecule has 0 atom stereocenters. The van der Waals surface area contributed by atoms with Gasteiger partial charge in [0.25, 0.3) is 0 Å². The van der Waals surface area contributed by atoms with Crippen molar-refractivity contribution in [2.24, 2.45) is 11.7 Å². The first-order valence-electron chi connectivity index (χ1n) is 2.96. The summed E-state index contributed by atoms with van der Waals surface area (Å²) in [7, 11) is 0. The first-order valence-corrected chi connectivity index (χ1v) is 2.96. The SMILES string of the molecule is CCc1cc(N)n[nH]1.NN.O. The number of aromatic nitrogens is 2. The third-order valence-corrected chi connectivity index (χ3v) is 1.03. The smallest absolute Gasteiger partial charge is 0.145 e. The maximum Gasteiger partial charge on any atom is 0.145 e. The number of hydrogen-bond donors (Lipinski definition) is 4. The molecule has 1 rings (SSSR count). The number of nitrogens with two attached hydrogens (primary N) is 3. The summed E-state index contributed by atoms with van der Waals surface area (Å²) >= 11 is 0. The molecule has 0 saturated heterocycles. The Kier molecular flexibility index (Phi) is 7.99. The lowest BCUT2D eigenvalue weighted by Gasteiger charge is -1.79. The number of nitrogens with zero attached hydrogens (tertiary/aromatic N) is 1. The highest BCUT2D eigenvalue weighted by molar-refractivity contribution is 5.28. The van der Waals surface area contributed by atoms with Gasteiger partial charge in [0.05, 0.1) is 0 Å². The molecule has 0 fully saturated rings. The van der Waals surface area contributed by atoms with Crippen molar-refractivity contribution in [1.29, 1.82) is 0 Å². The van der Waals surface area contributed by atoms with Gasteiger partial charge in [0.2, 0.25) is 0 Å². The maximum absolute atomic E-state index is 5.31. The Labute approximate surface area is 65.0 Å². The summed E-state index contributed by atoms with van der Waals surface area (Å²) in [5.74, 6) is 8.57. The third-order valence-electron chi connectivity index (χ3n) is 1.03. The van der Waals surface area contributed by atoms with Crippen LogP contribution in [0.3, 0.4) is 0 Å². The van der Waals surface area contributed by atoms with E-state index in [1.807, 2.05) is 13.0 Å². The van der Waals surface area contributed by atoms with E-state index in [2.05, 4.69) is 21.9 Å². The highest BCUT2D eigenvalue weighted by Crippen LogP contribution is 1.98. The number of aryl methyl sites for hydroxylation is 1. The molecule has 0 aliphatic rings. The zero-order valence-corrected chi connectivity index (χ0v) is 6.46. The molecule has 6 heteroatoms. The molecule has 1 aromatic rings. The summed E-state index contributed by atoms with van der Waals surface area (Å²) in [6.07, 6.45) is 0.962. The van der Waals surface area contributed by atoms with Gasteiger partial charge in [-0.1, -0.05) is 6.92 Å². The Morgan fingerprint density at radius 3 is 2.27 bits per heavy atom. The summed E-state index contributed by atoms with van der Waals surface area (Å²) in [5.41, 5.74) is 6.40. The van der Waals surface area contributed by atoms with E-state index in [-0.39, 0.29) is 5.48 Å². The van der Waals surface area contributed by atoms with Crippen LogP contribution in [0.5, 0.6) is 0 Å². The van der Waals surface area contributed by atoms with Gasteiger partial charge in [0.15, 0.2) is 0 Å². The second-order valence-electron chi connectivity index (χ2n) is 1.67. The average molecular weight is 161 g/mol. The topological polar surface area (TPSA) is 138 Å². The van der Waals surface area contributed by atoms with Crippen molar-refractivity contribution >= 4 is 5.82 Å². The Morgan fingerprint density at radius 2 is 2.09 bits per heavy atom. The zero-order chi connectivity index (χ0) is 7.98. The minimum absolute atomic E-state index is 0. The van der Waals surface area contributed by atoms with Crippen LogP contribution in [-0.4, -0.2) is 15.7 Å². The number of H-pyrrole nitrogens is 1. The van der Waals surface area contributed by atoms with E-state index >= 15 is 0 Å². The molecule has 0 amide bonds. The van der Waals surface area contributed by atoms with E-state index < -0.39 is 0 Å². The van der Waals surface area contributed by atoms with E-state index in [0.29, 0.717) is 5.82 Å². The van der Waals surface area contributed by atoms with E-state index in [0.717, 1.165) is 12.1 Å². The molecule has 0 bridgehead atoms. The fourth-order valence-corrected chi connectivity index (χ4v) is 0.561. The molecule has 1 aromatic heterocycles. The highest BCUT2D eigenvalue weighted by Gasteiger charge is 1.90. The fourth-order valence-electron chi connectivity index (χ4n) is 0.561. The normalized spacial score (nSPS) is 7.55. The predicted octanol–water partition coefficient (Wildman–Crippen LogP) is -1.45. The molecule has 11 heavy (non-hydrogen) atoms. The molecule has 0 aliphatic heterocycles. The Hall–Kier alpha value is -1.11. The lowest BCUT2D eigenvalue weighted by molar-refractivity contribution is 0.824. The van der Waals surface area contributed by atoms with Crippen molar-refractivity contribution in [1.82, 2.24) is 10.2 Å². The molecule has 6 nitrogen and oxygen atoms in total.